The molecule has 0 aliphatic carbocycles. The number of benzene rings is 2. The third-order valence-electron chi connectivity index (χ3n) is 4.69. The number of rotatable bonds is 9. The first-order valence-corrected chi connectivity index (χ1v) is 9.65. The van der Waals surface area contributed by atoms with Gasteiger partial charge in [0, 0.05) is 25.2 Å². The van der Waals surface area contributed by atoms with Crippen LogP contribution in [0, 0.1) is 0 Å². The predicted octanol–water partition coefficient (Wildman–Crippen LogP) is 3.69. The van der Waals surface area contributed by atoms with E-state index in [0.29, 0.717) is 17.9 Å². The van der Waals surface area contributed by atoms with Crippen molar-refractivity contribution in [3.8, 4) is 11.5 Å². The summed E-state index contributed by atoms with van der Waals surface area (Å²) in [6.07, 6.45) is 4.25. The SMILES string of the molecule is COc1ccccc1/C=C/C(=O)c1ccccc1OCCCN1CCOCC1. The van der Waals surface area contributed by atoms with Crippen LogP contribution < -0.4 is 9.47 Å². The van der Waals surface area contributed by atoms with Crippen LogP contribution in [0.15, 0.2) is 54.6 Å². The minimum atomic E-state index is -0.0883. The Morgan fingerprint density at radius 3 is 2.57 bits per heavy atom. The molecule has 0 bridgehead atoms. The summed E-state index contributed by atoms with van der Waals surface area (Å²) in [4.78, 5) is 15.1. The molecule has 5 nitrogen and oxygen atoms in total. The highest BCUT2D eigenvalue weighted by Crippen LogP contribution is 2.22. The summed E-state index contributed by atoms with van der Waals surface area (Å²) in [5.74, 6) is 1.27. The molecular weight excluding hydrogens is 354 g/mol. The molecule has 1 saturated heterocycles. The van der Waals surface area contributed by atoms with Gasteiger partial charge in [0.15, 0.2) is 5.78 Å². The molecule has 3 rings (SSSR count). The minimum Gasteiger partial charge on any atom is -0.496 e. The lowest BCUT2D eigenvalue weighted by Gasteiger charge is -2.26. The Balaban J connectivity index is 1.57. The van der Waals surface area contributed by atoms with Gasteiger partial charge in [0.2, 0.25) is 0 Å². The number of hydrogen-bond acceptors (Lipinski definition) is 5. The van der Waals surface area contributed by atoms with Gasteiger partial charge in [-0.2, -0.15) is 0 Å². The van der Waals surface area contributed by atoms with Crippen LogP contribution in [-0.2, 0) is 4.74 Å². The van der Waals surface area contributed by atoms with E-state index in [0.717, 1.165) is 50.6 Å². The predicted molar refractivity (Wildman–Crippen MR) is 110 cm³/mol. The molecule has 0 spiro atoms. The zero-order valence-electron chi connectivity index (χ0n) is 16.3. The van der Waals surface area contributed by atoms with Gasteiger partial charge in [0.25, 0.3) is 0 Å². The van der Waals surface area contributed by atoms with Crippen molar-refractivity contribution in [2.45, 2.75) is 6.42 Å². The summed E-state index contributed by atoms with van der Waals surface area (Å²) in [6.45, 7) is 5.12. The van der Waals surface area contributed by atoms with Crippen molar-refractivity contribution in [2.75, 3.05) is 46.6 Å². The average molecular weight is 381 g/mol. The summed E-state index contributed by atoms with van der Waals surface area (Å²) in [5, 5.41) is 0. The largest absolute Gasteiger partial charge is 0.496 e. The fraction of sp³-hybridized carbons (Fsp3) is 0.348. The van der Waals surface area contributed by atoms with E-state index in [1.807, 2.05) is 42.5 Å². The summed E-state index contributed by atoms with van der Waals surface area (Å²) < 4.78 is 16.6. The monoisotopic (exact) mass is 381 g/mol. The van der Waals surface area contributed by atoms with Gasteiger partial charge in [-0.25, -0.2) is 0 Å². The molecule has 2 aromatic carbocycles. The Labute approximate surface area is 166 Å². The second kappa shape index (κ2) is 10.6. The Kier molecular flexibility index (Phi) is 7.64. The van der Waals surface area contributed by atoms with E-state index >= 15 is 0 Å². The number of allylic oxidation sites excluding steroid dienone is 1. The molecule has 1 aliphatic heterocycles. The fourth-order valence-corrected chi connectivity index (χ4v) is 3.15. The van der Waals surface area contributed by atoms with Crippen LogP contribution in [0.5, 0.6) is 11.5 Å². The maximum Gasteiger partial charge on any atom is 0.189 e. The molecular formula is C23H27NO4. The van der Waals surface area contributed by atoms with Crippen LogP contribution in [0.25, 0.3) is 6.08 Å². The molecule has 0 N–H and O–H groups in total. The quantitative estimate of drug-likeness (QED) is 0.377. The molecule has 148 valence electrons. The Morgan fingerprint density at radius 2 is 1.79 bits per heavy atom. The maximum atomic E-state index is 12.7. The van der Waals surface area contributed by atoms with Crippen molar-refractivity contribution < 1.29 is 19.0 Å². The van der Waals surface area contributed by atoms with E-state index < -0.39 is 0 Å². The molecule has 0 aromatic heterocycles. The zero-order valence-corrected chi connectivity index (χ0v) is 16.3. The lowest BCUT2D eigenvalue weighted by atomic mass is 10.1. The van der Waals surface area contributed by atoms with Crippen molar-refractivity contribution in [2.24, 2.45) is 0 Å². The van der Waals surface area contributed by atoms with Crippen molar-refractivity contribution in [1.82, 2.24) is 4.90 Å². The van der Waals surface area contributed by atoms with Crippen LogP contribution in [0.3, 0.4) is 0 Å². The van der Waals surface area contributed by atoms with Gasteiger partial charge < -0.3 is 14.2 Å². The van der Waals surface area contributed by atoms with Crippen LogP contribution in [-0.4, -0.2) is 57.2 Å². The van der Waals surface area contributed by atoms with E-state index in [1.165, 1.54) is 0 Å². The number of ether oxygens (including phenoxy) is 3. The van der Waals surface area contributed by atoms with Gasteiger partial charge >= 0.3 is 0 Å². The Bertz CT molecular complexity index is 797. The third-order valence-corrected chi connectivity index (χ3v) is 4.69. The molecule has 1 fully saturated rings. The van der Waals surface area contributed by atoms with E-state index in [-0.39, 0.29) is 5.78 Å². The van der Waals surface area contributed by atoms with Crippen molar-refractivity contribution in [1.29, 1.82) is 0 Å². The van der Waals surface area contributed by atoms with Crippen LogP contribution >= 0.6 is 0 Å². The lowest BCUT2D eigenvalue weighted by molar-refractivity contribution is 0.0357. The van der Waals surface area contributed by atoms with E-state index in [9.17, 15) is 4.79 Å². The molecule has 0 radical (unpaired) electrons. The Morgan fingerprint density at radius 1 is 1.07 bits per heavy atom. The molecule has 1 aliphatic rings. The number of para-hydroxylation sites is 2. The number of methoxy groups -OCH3 is 1. The maximum absolute atomic E-state index is 12.7. The summed E-state index contributed by atoms with van der Waals surface area (Å²) in [7, 11) is 1.62. The average Bonchev–Trinajstić information content (AvgIpc) is 2.76. The molecule has 0 atom stereocenters. The summed E-state index contributed by atoms with van der Waals surface area (Å²) >= 11 is 0. The highest BCUT2D eigenvalue weighted by atomic mass is 16.5. The number of carbonyl (C=O) groups excluding carboxylic acids is 1. The smallest absolute Gasteiger partial charge is 0.189 e. The van der Waals surface area contributed by atoms with E-state index in [4.69, 9.17) is 14.2 Å². The second-order valence-corrected chi connectivity index (χ2v) is 6.59. The fourth-order valence-electron chi connectivity index (χ4n) is 3.15. The first kappa shape index (κ1) is 20.1. The lowest BCUT2D eigenvalue weighted by Crippen LogP contribution is -2.37. The van der Waals surface area contributed by atoms with E-state index in [1.54, 1.807) is 25.3 Å². The minimum absolute atomic E-state index is 0.0883. The first-order chi connectivity index (χ1) is 13.8. The van der Waals surface area contributed by atoms with Gasteiger partial charge in [-0.3, -0.25) is 9.69 Å². The van der Waals surface area contributed by atoms with Gasteiger partial charge in [-0.05, 0) is 36.8 Å². The topological polar surface area (TPSA) is 48.0 Å². The molecule has 1 heterocycles. The number of carbonyl (C=O) groups is 1. The molecule has 2 aromatic rings. The number of nitrogens with zero attached hydrogens (tertiary/aromatic N) is 1. The third kappa shape index (κ3) is 5.68. The summed E-state index contributed by atoms with van der Waals surface area (Å²) in [6, 6.07) is 15.0. The molecule has 0 saturated carbocycles. The number of hydrogen-bond donors (Lipinski definition) is 0. The highest BCUT2D eigenvalue weighted by Gasteiger charge is 2.12. The van der Waals surface area contributed by atoms with Crippen molar-refractivity contribution >= 4 is 11.9 Å². The normalized spacial score (nSPS) is 14.9. The first-order valence-electron chi connectivity index (χ1n) is 9.65. The standard InChI is InChI=1S/C23H27NO4/c1-26-22-9-4-2-7-19(22)11-12-21(25)20-8-3-5-10-23(20)28-16-6-13-24-14-17-27-18-15-24/h2-5,7-12H,6,13-18H2,1H3/b12-11+. The molecule has 28 heavy (non-hydrogen) atoms. The van der Waals surface area contributed by atoms with Crippen LogP contribution in [0.1, 0.15) is 22.3 Å². The zero-order chi connectivity index (χ0) is 19.6. The highest BCUT2D eigenvalue weighted by molar-refractivity contribution is 6.08. The van der Waals surface area contributed by atoms with Crippen LogP contribution in [0.4, 0.5) is 0 Å². The number of ketones is 1. The van der Waals surface area contributed by atoms with Crippen molar-refractivity contribution in [3.05, 3.63) is 65.7 Å². The van der Waals surface area contributed by atoms with Gasteiger partial charge in [-0.1, -0.05) is 30.3 Å². The van der Waals surface area contributed by atoms with Gasteiger partial charge in [0.1, 0.15) is 11.5 Å². The van der Waals surface area contributed by atoms with Gasteiger partial charge in [-0.15, -0.1) is 0 Å². The molecule has 0 amide bonds. The molecule has 5 heteroatoms. The summed E-state index contributed by atoms with van der Waals surface area (Å²) in [5.41, 5.74) is 1.43. The Hall–Kier alpha value is -2.63. The molecule has 0 unspecified atom stereocenters. The van der Waals surface area contributed by atoms with Crippen molar-refractivity contribution in [3.63, 3.8) is 0 Å². The van der Waals surface area contributed by atoms with Gasteiger partial charge in [0.05, 0.1) is 32.5 Å². The second-order valence-electron chi connectivity index (χ2n) is 6.59. The van der Waals surface area contributed by atoms with Crippen LogP contribution in [0.2, 0.25) is 0 Å². The number of morpholine rings is 1. The van der Waals surface area contributed by atoms with E-state index in [2.05, 4.69) is 4.90 Å².